The van der Waals surface area contributed by atoms with Gasteiger partial charge < -0.3 is 15.0 Å². The molecule has 0 radical (unpaired) electrons. The number of ether oxygens (including phenoxy) is 1. The maximum absolute atomic E-state index is 12.8. The van der Waals surface area contributed by atoms with Crippen LogP contribution in [0.3, 0.4) is 0 Å². The summed E-state index contributed by atoms with van der Waals surface area (Å²) in [7, 11) is 1.90. The molecule has 24 heavy (non-hydrogen) atoms. The Labute approximate surface area is 144 Å². The van der Waals surface area contributed by atoms with Crippen molar-refractivity contribution in [3.05, 3.63) is 18.0 Å². The van der Waals surface area contributed by atoms with Gasteiger partial charge in [-0.3, -0.25) is 9.48 Å². The molecule has 6 heteroatoms. The number of nitrogens with one attached hydrogen (secondary N) is 1. The van der Waals surface area contributed by atoms with E-state index in [4.69, 9.17) is 4.74 Å². The first-order chi connectivity index (χ1) is 11.5. The number of morpholine rings is 1. The Morgan fingerprint density at radius 1 is 1.58 bits per heavy atom. The lowest BCUT2D eigenvalue weighted by Gasteiger charge is -2.40. The van der Waals surface area contributed by atoms with E-state index in [1.165, 1.54) is 12.8 Å². The van der Waals surface area contributed by atoms with Crippen molar-refractivity contribution in [2.45, 2.75) is 38.7 Å². The number of carbonyl (C=O) groups is 1. The number of carbonyl (C=O) groups excluding carboxylic acids is 1. The monoisotopic (exact) mass is 334 g/mol. The van der Waals surface area contributed by atoms with E-state index in [1.807, 2.05) is 24.3 Å². The maximum atomic E-state index is 12.8. The number of piperidine rings is 1. The number of amides is 1. The van der Waals surface area contributed by atoms with Crippen LogP contribution in [0.1, 0.15) is 38.7 Å². The van der Waals surface area contributed by atoms with Crippen LogP contribution in [0.4, 0.5) is 0 Å². The minimum Gasteiger partial charge on any atom is -0.367 e. The van der Waals surface area contributed by atoms with Crippen molar-refractivity contribution in [1.82, 2.24) is 20.0 Å². The third-order valence-electron chi connectivity index (χ3n) is 5.58. The van der Waals surface area contributed by atoms with Crippen molar-refractivity contribution in [2.24, 2.45) is 18.9 Å². The summed E-state index contributed by atoms with van der Waals surface area (Å²) >= 11 is 0. The lowest BCUT2D eigenvalue weighted by Crippen LogP contribution is -2.51. The van der Waals surface area contributed by atoms with Crippen molar-refractivity contribution >= 4 is 5.91 Å². The van der Waals surface area contributed by atoms with E-state index >= 15 is 0 Å². The minimum atomic E-state index is -0.461. The van der Waals surface area contributed by atoms with E-state index in [-0.39, 0.29) is 5.91 Å². The molecule has 3 atom stereocenters. The topological polar surface area (TPSA) is 59.4 Å². The summed E-state index contributed by atoms with van der Waals surface area (Å²) < 4.78 is 7.79. The Hall–Kier alpha value is -1.40. The van der Waals surface area contributed by atoms with E-state index in [0.717, 1.165) is 18.7 Å². The van der Waals surface area contributed by atoms with E-state index in [0.29, 0.717) is 38.0 Å². The Bertz CT molecular complexity index is 567. The fraction of sp³-hybridized carbons (Fsp3) is 0.778. The van der Waals surface area contributed by atoms with Gasteiger partial charge in [0.05, 0.1) is 19.3 Å². The van der Waals surface area contributed by atoms with Gasteiger partial charge in [-0.1, -0.05) is 6.92 Å². The number of rotatable bonds is 4. The highest BCUT2D eigenvalue weighted by Gasteiger charge is 2.37. The molecule has 1 amide bonds. The van der Waals surface area contributed by atoms with Crippen molar-refractivity contribution in [1.29, 1.82) is 0 Å². The fourth-order valence-corrected chi connectivity index (χ4v) is 3.89. The van der Waals surface area contributed by atoms with E-state index in [2.05, 4.69) is 24.3 Å². The van der Waals surface area contributed by atoms with Crippen molar-refractivity contribution < 1.29 is 9.53 Å². The molecule has 0 aromatic carbocycles. The summed E-state index contributed by atoms with van der Waals surface area (Å²) in [6.45, 7) is 8.30. The summed E-state index contributed by atoms with van der Waals surface area (Å²) in [4.78, 5) is 14.8. The van der Waals surface area contributed by atoms with Crippen LogP contribution in [-0.2, 0) is 22.2 Å². The fourth-order valence-electron chi connectivity index (χ4n) is 3.89. The van der Waals surface area contributed by atoms with Crippen LogP contribution in [-0.4, -0.2) is 53.4 Å². The van der Waals surface area contributed by atoms with Gasteiger partial charge in [0.25, 0.3) is 0 Å². The van der Waals surface area contributed by atoms with E-state index < -0.39 is 5.60 Å². The average molecular weight is 334 g/mol. The lowest BCUT2D eigenvalue weighted by molar-refractivity contribution is -0.150. The van der Waals surface area contributed by atoms with Gasteiger partial charge in [0.1, 0.15) is 5.60 Å². The standard InChI is InChI=1S/C18H30N4O2/c1-14(15-5-4-6-19-10-15)9-17(23)22-7-8-24-18(2,13-22)16-11-20-21(3)12-16/h11-12,14-15,19H,4-10,13H2,1-3H3/t14-,15+,18-/m1/s1. The lowest BCUT2D eigenvalue weighted by atomic mass is 9.85. The molecule has 0 unspecified atom stereocenters. The van der Waals surface area contributed by atoms with Crippen LogP contribution < -0.4 is 5.32 Å². The first-order valence-electron chi connectivity index (χ1n) is 9.09. The van der Waals surface area contributed by atoms with Gasteiger partial charge in [0, 0.05) is 31.8 Å². The summed E-state index contributed by atoms with van der Waals surface area (Å²) in [5.41, 5.74) is 0.574. The second-order valence-corrected chi connectivity index (χ2v) is 7.59. The molecule has 134 valence electrons. The third kappa shape index (κ3) is 3.81. The summed E-state index contributed by atoms with van der Waals surface area (Å²) in [6.07, 6.45) is 6.90. The van der Waals surface area contributed by atoms with Crippen LogP contribution in [0.25, 0.3) is 0 Å². The number of hydrogen-bond donors (Lipinski definition) is 1. The second kappa shape index (κ2) is 7.23. The molecule has 2 fully saturated rings. The zero-order valence-electron chi connectivity index (χ0n) is 15.1. The second-order valence-electron chi connectivity index (χ2n) is 7.59. The van der Waals surface area contributed by atoms with Crippen LogP contribution in [0, 0.1) is 11.8 Å². The van der Waals surface area contributed by atoms with Gasteiger partial charge in [0.2, 0.25) is 5.91 Å². The van der Waals surface area contributed by atoms with Crippen LogP contribution >= 0.6 is 0 Å². The molecule has 2 aliphatic heterocycles. The highest BCUT2D eigenvalue weighted by molar-refractivity contribution is 5.76. The third-order valence-corrected chi connectivity index (χ3v) is 5.58. The van der Waals surface area contributed by atoms with Crippen LogP contribution in [0.5, 0.6) is 0 Å². The molecule has 1 aromatic rings. The zero-order valence-corrected chi connectivity index (χ0v) is 15.1. The van der Waals surface area contributed by atoms with E-state index in [9.17, 15) is 4.79 Å². The van der Waals surface area contributed by atoms with Crippen LogP contribution in [0.15, 0.2) is 12.4 Å². The normalized spacial score (nSPS) is 29.5. The molecule has 1 N–H and O–H groups in total. The first kappa shape index (κ1) is 17.4. The predicted molar refractivity (Wildman–Crippen MR) is 92.5 cm³/mol. The molecule has 0 saturated carbocycles. The molecule has 1 aromatic heterocycles. The zero-order chi connectivity index (χ0) is 17.2. The van der Waals surface area contributed by atoms with Gasteiger partial charge in [-0.05, 0) is 44.7 Å². The van der Waals surface area contributed by atoms with Gasteiger partial charge in [0.15, 0.2) is 0 Å². The van der Waals surface area contributed by atoms with Gasteiger partial charge in [-0.15, -0.1) is 0 Å². The highest BCUT2D eigenvalue weighted by atomic mass is 16.5. The SMILES string of the molecule is C[C@H](CC(=O)N1CCO[C@@](C)(c2cnn(C)c2)C1)[C@H]1CCCNC1. The molecule has 3 rings (SSSR count). The molecule has 6 nitrogen and oxygen atoms in total. The maximum Gasteiger partial charge on any atom is 0.223 e. The summed E-state index contributed by atoms with van der Waals surface area (Å²) in [6, 6.07) is 0. The number of nitrogens with zero attached hydrogens (tertiary/aromatic N) is 3. The first-order valence-corrected chi connectivity index (χ1v) is 9.09. The quantitative estimate of drug-likeness (QED) is 0.907. The Kier molecular flexibility index (Phi) is 5.25. The minimum absolute atomic E-state index is 0.256. The Morgan fingerprint density at radius 2 is 2.42 bits per heavy atom. The molecule has 2 aliphatic rings. The molecule has 0 spiro atoms. The van der Waals surface area contributed by atoms with Gasteiger partial charge in [-0.2, -0.15) is 5.10 Å². The van der Waals surface area contributed by atoms with Crippen molar-refractivity contribution in [2.75, 3.05) is 32.8 Å². The average Bonchev–Trinajstić information content (AvgIpc) is 3.03. The largest absolute Gasteiger partial charge is 0.367 e. The van der Waals surface area contributed by atoms with Crippen molar-refractivity contribution in [3.63, 3.8) is 0 Å². The van der Waals surface area contributed by atoms with Gasteiger partial charge in [-0.25, -0.2) is 0 Å². The van der Waals surface area contributed by atoms with E-state index in [1.54, 1.807) is 4.68 Å². The Balaban J connectivity index is 1.60. The predicted octanol–water partition coefficient (Wildman–Crippen LogP) is 1.52. The molecular formula is C18H30N4O2. The smallest absolute Gasteiger partial charge is 0.223 e. The summed E-state index contributed by atoms with van der Waals surface area (Å²) in [5.74, 6) is 1.30. The number of hydrogen-bond acceptors (Lipinski definition) is 4. The highest BCUT2D eigenvalue weighted by Crippen LogP contribution is 2.30. The van der Waals surface area contributed by atoms with Crippen molar-refractivity contribution in [3.8, 4) is 0 Å². The Morgan fingerprint density at radius 3 is 3.08 bits per heavy atom. The molecule has 0 bridgehead atoms. The molecule has 3 heterocycles. The summed E-state index contributed by atoms with van der Waals surface area (Å²) in [5, 5.41) is 7.69. The van der Waals surface area contributed by atoms with Gasteiger partial charge >= 0.3 is 0 Å². The molecular weight excluding hydrogens is 304 g/mol. The molecule has 2 saturated heterocycles. The molecule has 0 aliphatic carbocycles. The number of aromatic nitrogens is 2. The number of aryl methyl sites for hydroxylation is 1. The van der Waals surface area contributed by atoms with Crippen LogP contribution in [0.2, 0.25) is 0 Å².